The van der Waals surface area contributed by atoms with Crippen molar-refractivity contribution in [3.8, 4) is 0 Å². The van der Waals surface area contributed by atoms with Gasteiger partial charge in [0.05, 0.1) is 6.10 Å². The molecule has 3 N–H and O–H groups in total. The molecular weight excluding hydrogens is 252 g/mol. The van der Waals surface area contributed by atoms with Gasteiger partial charge in [0.15, 0.2) is 0 Å². The third-order valence-electron chi connectivity index (χ3n) is 2.54. The zero-order valence-electron chi connectivity index (χ0n) is 10.7. The molecule has 1 aromatic rings. The average molecular weight is 271 g/mol. The molecule has 100 valence electrons. The lowest BCUT2D eigenvalue weighted by Crippen LogP contribution is -2.26. The fraction of sp³-hybridized carbons (Fsp3) is 0.462. The second-order valence-electron chi connectivity index (χ2n) is 4.07. The summed E-state index contributed by atoms with van der Waals surface area (Å²) in [5.41, 5.74) is 6.53. The van der Waals surface area contributed by atoms with E-state index in [4.69, 9.17) is 22.1 Å². The van der Waals surface area contributed by atoms with Gasteiger partial charge in [-0.2, -0.15) is 0 Å². The monoisotopic (exact) mass is 270 g/mol. The van der Waals surface area contributed by atoms with Crippen molar-refractivity contribution in [3.05, 3.63) is 34.3 Å². The number of primary amides is 1. The van der Waals surface area contributed by atoms with E-state index in [1.54, 1.807) is 18.2 Å². The third kappa shape index (κ3) is 4.64. The number of nitrogens with two attached hydrogens (primary N) is 1. The van der Waals surface area contributed by atoms with Crippen LogP contribution in [0.4, 0.5) is 0 Å². The van der Waals surface area contributed by atoms with Gasteiger partial charge in [0, 0.05) is 30.3 Å². The predicted octanol–water partition coefficient (Wildman–Crippen LogP) is 1.95. The number of amides is 1. The molecule has 1 aromatic carbocycles. The van der Waals surface area contributed by atoms with E-state index in [-0.39, 0.29) is 6.10 Å². The number of carbonyl (C=O) groups is 1. The Balaban J connectivity index is 2.50. The Morgan fingerprint density at radius 1 is 1.56 bits per heavy atom. The minimum absolute atomic E-state index is 0.165. The molecule has 0 heterocycles. The lowest BCUT2D eigenvalue weighted by Gasteiger charge is -2.13. The fourth-order valence-electron chi connectivity index (χ4n) is 1.60. The van der Waals surface area contributed by atoms with Crippen LogP contribution in [0.5, 0.6) is 0 Å². The van der Waals surface area contributed by atoms with Crippen molar-refractivity contribution < 1.29 is 9.53 Å². The van der Waals surface area contributed by atoms with Crippen LogP contribution in [0.1, 0.15) is 29.8 Å². The molecule has 1 unspecified atom stereocenters. The smallest absolute Gasteiger partial charge is 0.248 e. The van der Waals surface area contributed by atoms with Crippen LogP contribution in [0.2, 0.25) is 5.02 Å². The number of hydrogen-bond acceptors (Lipinski definition) is 3. The Labute approximate surface area is 112 Å². The highest BCUT2D eigenvalue weighted by Crippen LogP contribution is 2.17. The zero-order valence-corrected chi connectivity index (χ0v) is 11.5. The first-order valence-corrected chi connectivity index (χ1v) is 6.33. The summed E-state index contributed by atoms with van der Waals surface area (Å²) in [6.07, 6.45) is 0.165. The Hall–Kier alpha value is -1.10. The second kappa shape index (κ2) is 7.36. The van der Waals surface area contributed by atoms with Gasteiger partial charge in [-0.25, -0.2) is 0 Å². The van der Waals surface area contributed by atoms with Gasteiger partial charge >= 0.3 is 0 Å². The SMILES string of the molecule is CCOC(C)CNCc1ccc(C(N)=O)cc1Cl. The molecule has 0 saturated carbocycles. The molecule has 1 atom stereocenters. The summed E-state index contributed by atoms with van der Waals surface area (Å²) in [5.74, 6) is -0.471. The molecule has 4 nitrogen and oxygen atoms in total. The number of halogens is 1. The number of hydrogen-bond donors (Lipinski definition) is 2. The highest BCUT2D eigenvalue weighted by atomic mass is 35.5. The molecule has 0 spiro atoms. The van der Waals surface area contributed by atoms with Gasteiger partial charge in [-0.05, 0) is 31.5 Å². The summed E-state index contributed by atoms with van der Waals surface area (Å²) in [6.45, 7) is 6.07. The van der Waals surface area contributed by atoms with Gasteiger partial charge in [0.25, 0.3) is 0 Å². The molecule has 0 aliphatic heterocycles. The van der Waals surface area contributed by atoms with Crippen molar-refractivity contribution in [2.45, 2.75) is 26.5 Å². The largest absolute Gasteiger partial charge is 0.377 e. The van der Waals surface area contributed by atoms with Crippen LogP contribution in [-0.4, -0.2) is 25.2 Å². The van der Waals surface area contributed by atoms with Crippen molar-refractivity contribution in [1.29, 1.82) is 0 Å². The first-order chi connectivity index (χ1) is 8.54. The van der Waals surface area contributed by atoms with Crippen molar-refractivity contribution in [2.75, 3.05) is 13.2 Å². The molecule has 0 aliphatic rings. The fourth-order valence-corrected chi connectivity index (χ4v) is 1.84. The lowest BCUT2D eigenvalue weighted by molar-refractivity contribution is 0.0759. The summed E-state index contributed by atoms with van der Waals surface area (Å²) in [7, 11) is 0. The van der Waals surface area contributed by atoms with E-state index in [9.17, 15) is 4.79 Å². The van der Waals surface area contributed by atoms with Gasteiger partial charge in [-0.15, -0.1) is 0 Å². The van der Waals surface area contributed by atoms with E-state index in [1.807, 2.05) is 13.8 Å². The Morgan fingerprint density at radius 3 is 2.83 bits per heavy atom. The first kappa shape index (κ1) is 15.0. The summed E-state index contributed by atoms with van der Waals surface area (Å²) in [4.78, 5) is 11.0. The van der Waals surface area contributed by atoms with Crippen LogP contribution in [0.3, 0.4) is 0 Å². The van der Waals surface area contributed by atoms with Crippen LogP contribution < -0.4 is 11.1 Å². The van der Waals surface area contributed by atoms with Gasteiger partial charge < -0.3 is 15.8 Å². The quantitative estimate of drug-likeness (QED) is 0.796. The van der Waals surface area contributed by atoms with Gasteiger partial charge in [0.1, 0.15) is 0 Å². The van der Waals surface area contributed by atoms with E-state index in [0.717, 1.165) is 12.1 Å². The molecule has 0 aliphatic carbocycles. The maximum absolute atomic E-state index is 11.0. The van der Waals surface area contributed by atoms with Crippen molar-refractivity contribution in [2.24, 2.45) is 5.73 Å². The minimum Gasteiger partial charge on any atom is -0.377 e. The standard InChI is InChI=1S/C13H19ClN2O2/c1-3-18-9(2)7-16-8-11-5-4-10(13(15)17)6-12(11)14/h4-6,9,16H,3,7-8H2,1-2H3,(H2,15,17). The van der Waals surface area contributed by atoms with Crippen LogP contribution in [0.15, 0.2) is 18.2 Å². The van der Waals surface area contributed by atoms with Crippen molar-refractivity contribution in [1.82, 2.24) is 5.32 Å². The second-order valence-corrected chi connectivity index (χ2v) is 4.47. The maximum atomic E-state index is 11.0. The topological polar surface area (TPSA) is 64.3 Å². The summed E-state index contributed by atoms with van der Waals surface area (Å²) in [5, 5.41) is 3.79. The molecule has 18 heavy (non-hydrogen) atoms. The minimum atomic E-state index is -0.471. The Morgan fingerprint density at radius 2 is 2.28 bits per heavy atom. The molecule has 5 heteroatoms. The first-order valence-electron chi connectivity index (χ1n) is 5.95. The number of benzene rings is 1. The van der Waals surface area contributed by atoms with Gasteiger partial charge in [0.2, 0.25) is 5.91 Å². The number of nitrogens with one attached hydrogen (secondary N) is 1. The number of ether oxygens (including phenoxy) is 1. The van der Waals surface area contributed by atoms with Crippen molar-refractivity contribution >= 4 is 17.5 Å². The maximum Gasteiger partial charge on any atom is 0.248 e. The normalized spacial score (nSPS) is 12.4. The number of rotatable bonds is 7. The van der Waals surface area contributed by atoms with Crippen LogP contribution in [-0.2, 0) is 11.3 Å². The van der Waals surface area contributed by atoms with E-state index < -0.39 is 5.91 Å². The molecule has 0 aromatic heterocycles. The lowest BCUT2D eigenvalue weighted by atomic mass is 10.1. The zero-order chi connectivity index (χ0) is 13.5. The molecule has 1 rings (SSSR count). The summed E-state index contributed by atoms with van der Waals surface area (Å²) < 4.78 is 5.40. The Bertz CT molecular complexity index is 410. The van der Waals surface area contributed by atoms with Gasteiger partial charge in [-0.3, -0.25) is 4.79 Å². The third-order valence-corrected chi connectivity index (χ3v) is 2.89. The van der Waals surface area contributed by atoms with E-state index in [0.29, 0.717) is 23.7 Å². The predicted molar refractivity (Wildman–Crippen MR) is 72.8 cm³/mol. The molecule has 1 amide bonds. The van der Waals surface area contributed by atoms with Crippen LogP contribution in [0, 0.1) is 0 Å². The Kier molecular flexibility index (Phi) is 6.12. The van der Waals surface area contributed by atoms with E-state index in [2.05, 4.69) is 5.32 Å². The summed E-state index contributed by atoms with van der Waals surface area (Å²) >= 11 is 6.07. The van der Waals surface area contributed by atoms with E-state index in [1.165, 1.54) is 0 Å². The van der Waals surface area contributed by atoms with Gasteiger partial charge in [-0.1, -0.05) is 17.7 Å². The highest BCUT2D eigenvalue weighted by molar-refractivity contribution is 6.31. The highest BCUT2D eigenvalue weighted by Gasteiger charge is 2.06. The number of carbonyl (C=O) groups excluding carboxylic acids is 1. The molecule has 0 radical (unpaired) electrons. The van der Waals surface area contributed by atoms with Crippen LogP contribution in [0.25, 0.3) is 0 Å². The average Bonchev–Trinajstić information content (AvgIpc) is 2.31. The van der Waals surface area contributed by atoms with Crippen molar-refractivity contribution in [3.63, 3.8) is 0 Å². The molecular formula is C13H19ClN2O2. The molecule has 0 bridgehead atoms. The summed E-state index contributed by atoms with van der Waals surface area (Å²) in [6, 6.07) is 5.07. The molecule has 0 saturated heterocycles. The molecule has 0 fully saturated rings. The van der Waals surface area contributed by atoms with E-state index >= 15 is 0 Å². The van der Waals surface area contributed by atoms with Crippen LogP contribution >= 0.6 is 11.6 Å².